The molecule has 0 aromatic carbocycles. The molecule has 4 saturated carbocycles. The van der Waals surface area contributed by atoms with Gasteiger partial charge in [0.1, 0.15) is 5.60 Å². The molecule has 0 aromatic heterocycles. The Kier molecular flexibility index (Phi) is 2.68. The van der Waals surface area contributed by atoms with Gasteiger partial charge >= 0.3 is 11.9 Å². The zero-order valence-electron chi connectivity index (χ0n) is 10.3. The van der Waals surface area contributed by atoms with Crippen molar-refractivity contribution in [3.05, 3.63) is 12.2 Å². The van der Waals surface area contributed by atoms with Gasteiger partial charge in [0.05, 0.1) is 0 Å². The molecule has 0 aliphatic heterocycles. The van der Waals surface area contributed by atoms with Crippen LogP contribution in [0.5, 0.6) is 0 Å². The van der Waals surface area contributed by atoms with Crippen molar-refractivity contribution in [1.82, 2.24) is 0 Å². The Morgan fingerprint density at radius 2 is 1.50 bits per heavy atom. The van der Waals surface area contributed by atoms with E-state index in [-0.39, 0.29) is 5.60 Å². The van der Waals surface area contributed by atoms with Crippen LogP contribution in [0.25, 0.3) is 0 Å². The van der Waals surface area contributed by atoms with Gasteiger partial charge in [-0.3, -0.25) is 0 Å². The molecule has 4 nitrogen and oxygen atoms in total. The van der Waals surface area contributed by atoms with Gasteiger partial charge in [-0.05, 0) is 56.3 Å². The van der Waals surface area contributed by atoms with Crippen molar-refractivity contribution >= 4 is 11.9 Å². The molecule has 4 fully saturated rings. The predicted octanol–water partition coefficient (Wildman–Crippen LogP) is 2.14. The molecule has 18 heavy (non-hydrogen) atoms. The summed E-state index contributed by atoms with van der Waals surface area (Å²) in [6.07, 6.45) is 8.69. The molecule has 0 aromatic rings. The number of rotatable bonds is 3. The molecular weight excluding hydrogens is 232 g/mol. The third kappa shape index (κ3) is 2.16. The van der Waals surface area contributed by atoms with Crippen molar-refractivity contribution in [3.63, 3.8) is 0 Å². The van der Waals surface area contributed by atoms with Crippen LogP contribution in [0.1, 0.15) is 38.5 Å². The summed E-state index contributed by atoms with van der Waals surface area (Å²) in [6, 6.07) is 0. The maximum atomic E-state index is 11.7. The maximum absolute atomic E-state index is 11.7. The van der Waals surface area contributed by atoms with Gasteiger partial charge in [-0.15, -0.1) is 0 Å². The van der Waals surface area contributed by atoms with Crippen LogP contribution in [0.2, 0.25) is 0 Å². The first kappa shape index (κ1) is 11.8. The smallest absolute Gasteiger partial charge is 0.331 e. The van der Waals surface area contributed by atoms with Crippen LogP contribution in [0.15, 0.2) is 12.2 Å². The van der Waals surface area contributed by atoms with Crippen molar-refractivity contribution in [2.45, 2.75) is 44.1 Å². The normalized spacial score (nSPS) is 41.2. The molecule has 0 spiro atoms. The third-order valence-corrected chi connectivity index (χ3v) is 4.66. The number of hydrogen-bond acceptors (Lipinski definition) is 3. The second kappa shape index (κ2) is 4.11. The molecule has 1 N–H and O–H groups in total. The van der Waals surface area contributed by atoms with Crippen LogP contribution in [-0.4, -0.2) is 22.6 Å². The summed E-state index contributed by atoms with van der Waals surface area (Å²) in [5, 5.41) is 8.50. The lowest BCUT2D eigenvalue weighted by molar-refractivity contribution is -0.181. The van der Waals surface area contributed by atoms with Crippen molar-refractivity contribution in [2.75, 3.05) is 0 Å². The van der Waals surface area contributed by atoms with Gasteiger partial charge in [0.25, 0.3) is 0 Å². The molecule has 0 amide bonds. The molecule has 0 radical (unpaired) electrons. The Balaban J connectivity index is 1.68. The van der Waals surface area contributed by atoms with E-state index in [1.807, 2.05) is 0 Å². The molecule has 4 bridgehead atoms. The van der Waals surface area contributed by atoms with Crippen molar-refractivity contribution in [1.29, 1.82) is 0 Å². The summed E-state index contributed by atoms with van der Waals surface area (Å²) in [5.74, 6) is 0.532. The fourth-order valence-corrected chi connectivity index (χ4v) is 4.54. The third-order valence-electron chi connectivity index (χ3n) is 4.66. The van der Waals surface area contributed by atoms with Crippen LogP contribution < -0.4 is 0 Å². The highest BCUT2D eigenvalue weighted by molar-refractivity contribution is 5.90. The van der Waals surface area contributed by atoms with E-state index in [1.54, 1.807) is 0 Å². The highest BCUT2D eigenvalue weighted by Crippen LogP contribution is 2.57. The van der Waals surface area contributed by atoms with Gasteiger partial charge in [-0.2, -0.15) is 0 Å². The van der Waals surface area contributed by atoms with E-state index in [0.717, 1.165) is 31.4 Å². The standard InChI is InChI=1S/C14H18O4/c15-12(16)1-2-13(17)18-14-6-9-3-10(7-14)5-11(4-9)8-14/h1-2,9-11H,3-8H2,(H,15,16). The van der Waals surface area contributed by atoms with E-state index in [4.69, 9.17) is 9.84 Å². The number of ether oxygens (including phenoxy) is 1. The summed E-state index contributed by atoms with van der Waals surface area (Å²) in [5.41, 5.74) is -0.283. The fraction of sp³-hybridized carbons (Fsp3) is 0.714. The molecule has 4 aliphatic carbocycles. The van der Waals surface area contributed by atoms with Crippen molar-refractivity contribution in [3.8, 4) is 0 Å². The van der Waals surface area contributed by atoms with Gasteiger partial charge in [0.2, 0.25) is 0 Å². The quantitative estimate of drug-likeness (QED) is 0.615. The molecule has 4 heteroatoms. The van der Waals surface area contributed by atoms with E-state index in [9.17, 15) is 9.59 Å². The summed E-state index contributed by atoms with van der Waals surface area (Å²) in [7, 11) is 0. The first-order valence-electron chi connectivity index (χ1n) is 6.69. The average Bonchev–Trinajstić information content (AvgIpc) is 2.23. The molecule has 0 unspecified atom stereocenters. The monoisotopic (exact) mass is 250 g/mol. The summed E-state index contributed by atoms with van der Waals surface area (Å²) in [4.78, 5) is 22.0. The Bertz CT molecular complexity index is 375. The topological polar surface area (TPSA) is 63.6 Å². The zero-order chi connectivity index (χ0) is 12.8. The van der Waals surface area contributed by atoms with Gasteiger partial charge in [0.15, 0.2) is 0 Å². The van der Waals surface area contributed by atoms with Crippen LogP contribution in [0, 0.1) is 17.8 Å². The number of carboxylic acid groups (broad SMARTS) is 1. The van der Waals surface area contributed by atoms with Gasteiger partial charge < -0.3 is 9.84 Å². The molecule has 0 saturated heterocycles. The molecule has 0 atom stereocenters. The van der Waals surface area contributed by atoms with Crippen LogP contribution in [-0.2, 0) is 14.3 Å². The lowest BCUT2D eigenvalue weighted by Crippen LogP contribution is -2.52. The van der Waals surface area contributed by atoms with E-state index < -0.39 is 11.9 Å². The zero-order valence-corrected chi connectivity index (χ0v) is 10.3. The second-order valence-electron chi connectivity index (χ2n) is 6.19. The first-order chi connectivity index (χ1) is 8.55. The largest absolute Gasteiger partial charge is 0.478 e. The minimum Gasteiger partial charge on any atom is -0.478 e. The number of hydrogen-bond donors (Lipinski definition) is 1. The number of carbonyl (C=O) groups excluding carboxylic acids is 1. The Morgan fingerprint density at radius 1 is 1.00 bits per heavy atom. The fourth-order valence-electron chi connectivity index (χ4n) is 4.54. The number of carbonyl (C=O) groups is 2. The van der Waals surface area contributed by atoms with Crippen molar-refractivity contribution < 1.29 is 19.4 Å². The predicted molar refractivity (Wildman–Crippen MR) is 63.8 cm³/mol. The van der Waals surface area contributed by atoms with E-state index in [0.29, 0.717) is 17.8 Å². The summed E-state index contributed by atoms with van der Waals surface area (Å²) in [6.45, 7) is 0. The number of carboxylic acids is 1. The SMILES string of the molecule is O=C(O)C=CC(=O)OC12CC3CC(CC(C3)C1)C2. The Labute approximate surface area is 106 Å². The Morgan fingerprint density at radius 3 is 1.94 bits per heavy atom. The van der Waals surface area contributed by atoms with Gasteiger partial charge in [-0.1, -0.05) is 0 Å². The average molecular weight is 250 g/mol. The minimum absolute atomic E-state index is 0.283. The van der Waals surface area contributed by atoms with E-state index in [1.165, 1.54) is 19.3 Å². The van der Waals surface area contributed by atoms with Crippen LogP contribution in [0.3, 0.4) is 0 Å². The van der Waals surface area contributed by atoms with E-state index >= 15 is 0 Å². The maximum Gasteiger partial charge on any atom is 0.331 e. The highest BCUT2D eigenvalue weighted by atomic mass is 16.6. The van der Waals surface area contributed by atoms with Crippen molar-refractivity contribution in [2.24, 2.45) is 17.8 Å². The molecule has 4 aliphatic rings. The molecule has 98 valence electrons. The number of esters is 1. The molecule has 4 rings (SSSR count). The van der Waals surface area contributed by atoms with E-state index in [2.05, 4.69) is 0 Å². The minimum atomic E-state index is -1.11. The second-order valence-corrected chi connectivity index (χ2v) is 6.19. The first-order valence-corrected chi connectivity index (χ1v) is 6.69. The number of aliphatic carboxylic acids is 1. The van der Waals surface area contributed by atoms with Gasteiger partial charge in [0, 0.05) is 12.2 Å². The molecule has 0 heterocycles. The lowest BCUT2D eigenvalue weighted by atomic mass is 9.54. The lowest BCUT2D eigenvalue weighted by Gasteiger charge is -2.55. The molecular formula is C14H18O4. The van der Waals surface area contributed by atoms with Crippen LogP contribution in [0.4, 0.5) is 0 Å². The Hall–Kier alpha value is -1.32. The van der Waals surface area contributed by atoms with Gasteiger partial charge in [-0.25, -0.2) is 9.59 Å². The summed E-state index contributed by atoms with van der Waals surface area (Å²) < 4.78 is 5.61. The summed E-state index contributed by atoms with van der Waals surface area (Å²) >= 11 is 0. The highest BCUT2D eigenvalue weighted by Gasteiger charge is 2.53. The van der Waals surface area contributed by atoms with Crippen LogP contribution >= 0.6 is 0 Å².